The van der Waals surface area contributed by atoms with Crippen molar-refractivity contribution in [1.29, 1.82) is 0 Å². The summed E-state index contributed by atoms with van der Waals surface area (Å²) in [6.07, 6.45) is 1.62. The summed E-state index contributed by atoms with van der Waals surface area (Å²) in [6, 6.07) is 8.23. The summed E-state index contributed by atoms with van der Waals surface area (Å²) in [7, 11) is 0. The van der Waals surface area contributed by atoms with Crippen molar-refractivity contribution in [3.05, 3.63) is 35.9 Å². The van der Waals surface area contributed by atoms with Crippen LogP contribution in [-0.2, 0) is 25.7 Å². The van der Waals surface area contributed by atoms with Crippen molar-refractivity contribution in [3.8, 4) is 0 Å². The Hall–Kier alpha value is -2.08. The molecule has 0 aliphatic heterocycles. The predicted octanol–water partition coefficient (Wildman–Crippen LogP) is 3.81. The van der Waals surface area contributed by atoms with Crippen molar-refractivity contribution in [2.45, 2.75) is 52.2 Å². The van der Waals surface area contributed by atoms with Gasteiger partial charge in [-0.1, -0.05) is 50.6 Å². The summed E-state index contributed by atoms with van der Waals surface area (Å²) in [5, 5.41) is 2.46. The van der Waals surface area contributed by atoms with E-state index in [9.17, 15) is 14.4 Å². The van der Waals surface area contributed by atoms with Gasteiger partial charge in [0.25, 0.3) is 0 Å². The minimum atomic E-state index is -0.954. The Bertz CT molecular complexity index is 577. The van der Waals surface area contributed by atoms with Crippen molar-refractivity contribution in [3.63, 3.8) is 0 Å². The highest BCUT2D eigenvalue weighted by molar-refractivity contribution is 6.17. The summed E-state index contributed by atoms with van der Waals surface area (Å²) in [4.78, 5) is 35.8. The topological polar surface area (TPSA) is 81.7 Å². The minimum Gasteiger partial charge on any atom is -0.445 e. The van der Waals surface area contributed by atoms with Crippen LogP contribution in [0.4, 0.5) is 4.79 Å². The number of carbonyl (C=O) groups excluding carboxylic acids is 3. The molecule has 1 aromatic rings. The van der Waals surface area contributed by atoms with Gasteiger partial charge in [0.2, 0.25) is 0 Å². The monoisotopic (exact) mass is 383 g/mol. The Morgan fingerprint density at radius 2 is 1.77 bits per heavy atom. The largest absolute Gasteiger partial charge is 0.445 e. The number of alkyl carbamates (subject to hydrolysis) is 1. The Morgan fingerprint density at radius 3 is 2.38 bits per heavy atom. The molecule has 0 aliphatic rings. The first kappa shape index (κ1) is 22.0. The van der Waals surface area contributed by atoms with Crippen LogP contribution in [0.25, 0.3) is 0 Å². The number of alkyl halides is 1. The van der Waals surface area contributed by atoms with Crippen LogP contribution in [0.15, 0.2) is 30.3 Å². The van der Waals surface area contributed by atoms with Crippen molar-refractivity contribution in [2.24, 2.45) is 5.92 Å². The molecule has 1 amide bonds. The van der Waals surface area contributed by atoms with Crippen molar-refractivity contribution >= 4 is 29.6 Å². The zero-order valence-electron chi connectivity index (χ0n) is 15.2. The van der Waals surface area contributed by atoms with Crippen LogP contribution in [0.5, 0.6) is 0 Å². The van der Waals surface area contributed by atoms with Crippen LogP contribution in [-0.4, -0.2) is 30.0 Å². The molecule has 6 nitrogen and oxygen atoms in total. The molecular weight excluding hydrogens is 358 g/mol. The molecule has 0 bridgehead atoms. The second-order valence-corrected chi connectivity index (χ2v) is 6.60. The van der Waals surface area contributed by atoms with Crippen LogP contribution in [0.1, 0.15) is 45.1 Å². The number of hydrogen-bond acceptors (Lipinski definition) is 5. The van der Waals surface area contributed by atoms with Gasteiger partial charge in [0.1, 0.15) is 12.6 Å². The lowest BCUT2D eigenvalue weighted by molar-refractivity contribution is -0.161. The smallest absolute Gasteiger partial charge is 0.408 e. The molecule has 0 spiro atoms. The van der Waals surface area contributed by atoms with Gasteiger partial charge in [-0.25, -0.2) is 9.59 Å². The predicted molar refractivity (Wildman–Crippen MR) is 98.7 cm³/mol. The zero-order chi connectivity index (χ0) is 19.4. The third-order valence-corrected chi connectivity index (χ3v) is 3.90. The molecule has 1 rings (SSSR count). The third-order valence-electron chi connectivity index (χ3n) is 3.64. The molecule has 7 heteroatoms. The zero-order valence-corrected chi connectivity index (χ0v) is 16.0. The van der Waals surface area contributed by atoms with Gasteiger partial charge in [-0.05, 0) is 24.3 Å². The second kappa shape index (κ2) is 12.3. The second-order valence-electron chi connectivity index (χ2n) is 6.22. The molecule has 0 radical (unpaired) electrons. The number of ether oxygens (including phenoxy) is 2. The maximum Gasteiger partial charge on any atom is 0.408 e. The number of halogens is 1. The van der Waals surface area contributed by atoms with E-state index < -0.39 is 24.1 Å². The van der Waals surface area contributed by atoms with Crippen molar-refractivity contribution < 1.29 is 23.9 Å². The maximum absolute atomic E-state index is 12.2. The fourth-order valence-corrected chi connectivity index (χ4v) is 2.35. The Labute approximate surface area is 159 Å². The van der Waals surface area contributed by atoms with Gasteiger partial charge in [-0.3, -0.25) is 4.79 Å². The number of unbranched alkanes of at least 4 members (excludes halogenated alkanes) is 2. The summed E-state index contributed by atoms with van der Waals surface area (Å²) in [5.74, 6) is -1.09. The molecule has 1 atom stereocenters. The fourth-order valence-electron chi connectivity index (χ4n) is 2.16. The van der Waals surface area contributed by atoms with E-state index in [-0.39, 0.29) is 18.9 Å². The van der Waals surface area contributed by atoms with E-state index in [1.165, 1.54) is 0 Å². The first-order valence-electron chi connectivity index (χ1n) is 8.71. The highest BCUT2D eigenvalue weighted by Crippen LogP contribution is 2.08. The number of nitrogens with one attached hydrogen (secondary N) is 1. The maximum atomic E-state index is 12.2. The van der Waals surface area contributed by atoms with Crippen LogP contribution in [0, 0.1) is 5.92 Å². The van der Waals surface area contributed by atoms with E-state index >= 15 is 0 Å². The molecular formula is C19H26ClNO5. The average molecular weight is 384 g/mol. The molecule has 1 N–H and O–H groups in total. The molecule has 0 saturated heterocycles. The van der Waals surface area contributed by atoms with Crippen molar-refractivity contribution in [1.82, 2.24) is 5.32 Å². The van der Waals surface area contributed by atoms with Crippen LogP contribution < -0.4 is 5.32 Å². The normalized spacial score (nSPS) is 11.7. The summed E-state index contributed by atoms with van der Waals surface area (Å²) in [6.45, 7) is 3.58. The Morgan fingerprint density at radius 1 is 1.08 bits per heavy atom. The van der Waals surface area contributed by atoms with Gasteiger partial charge in [0.05, 0.1) is 0 Å². The average Bonchev–Trinajstić information content (AvgIpc) is 2.62. The molecule has 0 heterocycles. The fraction of sp³-hybridized carbons (Fsp3) is 0.526. The molecule has 0 fully saturated rings. The van der Waals surface area contributed by atoms with Gasteiger partial charge < -0.3 is 14.8 Å². The number of benzene rings is 1. The van der Waals surface area contributed by atoms with E-state index in [0.29, 0.717) is 12.3 Å². The molecule has 144 valence electrons. The first-order valence-corrected chi connectivity index (χ1v) is 9.25. The number of hydrogen-bond donors (Lipinski definition) is 1. The van der Waals surface area contributed by atoms with Crippen molar-refractivity contribution in [2.75, 3.05) is 5.88 Å². The summed E-state index contributed by atoms with van der Waals surface area (Å²) < 4.78 is 9.94. The quantitative estimate of drug-likeness (QED) is 0.287. The van der Waals surface area contributed by atoms with Crippen LogP contribution in [0.2, 0.25) is 0 Å². The van der Waals surface area contributed by atoms with Gasteiger partial charge >= 0.3 is 18.0 Å². The molecule has 26 heavy (non-hydrogen) atoms. The first-order chi connectivity index (χ1) is 12.4. The number of esters is 2. The molecule has 1 aromatic carbocycles. The molecule has 0 aliphatic carbocycles. The summed E-state index contributed by atoms with van der Waals surface area (Å²) >= 11 is 5.57. The van der Waals surface area contributed by atoms with E-state index in [0.717, 1.165) is 18.4 Å². The van der Waals surface area contributed by atoms with E-state index in [1.807, 2.05) is 30.3 Å². The molecule has 0 aromatic heterocycles. The van der Waals surface area contributed by atoms with E-state index in [4.69, 9.17) is 21.1 Å². The lowest BCUT2D eigenvalue weighted by Gasteiger charge is -2.20. The van der Waals surface area contributed by atoms with Crippen LogP contribution >= 0.6 is 11.6 Å². The standard InChI is InChI=1S/C19H26ClNO5/c1-14(2)17(18(23)26-16(22)11-7-4-8-12-20)21-19(24)25-13-15-9-5-3-6-10-15/h3,5-6,9-10,14,17H,4,7-8,11-13H2,1-2H3,(H,21,24)/t17-/m0/s1. The van der Waals surface area contributed by atoms with Crippen LogP contribution in [0.3, 0.4) is 0 Å². The molecule has 0 saturated carbocycles. The molecule has 0 unspecified atom stereocenters. The van der Waals surface area contributed by atoms with Gasteiger partial charge in [0, 0.05) is 12.3 Å². The minimum absolute atomic E-state index is 0.0893. The number of amides is 1. The van der Waals surface area contributed by atoms with E-state index in [1.54, 1.807) is 13.8 Å². The van der Waals surface area contributed by atoms with Gasteiger partial charge in [-0.2, -0.15) is 0 Å². The highest BCUT2D eigenvalue weighted by atomic mass is 35.5. The lowest BCUT2D eigenvalue weighted by atomic mass is 10.1. The Kier molecular flexibility index (Phi) is 10.4. The summed E-state index contributed by atoms with van der Waals surface area (Å²) in [5.41, 5.74) is 0.832. The SMILES string of the molecule is CC(C)[C@H](NC(=O)OCc1ccccc1)C(=O)OC(=O)CCCCCCl. The highest BCUT2D eigenvalue weighted by Gasteiger charge is 2.28. The number of rotatable bonds is 10. The van der Waals surface area contributed by atoms with Gasteiger partial charge in [-0.15, -0.1) is 11.6 Å². The lowest BCUT2D eigenvalue weighted by Crippen LogP contribution is -2.46. The third kappa shape index (κ3) is 8.85. The Balaban J connectivity index is 2.44. The van der Waals surface area contributed by atoms with Gasteiger partial charge in [0.15, 0.2) is 0 Å². The number of carbonyl (C=O) groups is 3. The van der Waals surface area contributed by atoms with E-state index in [2.05, 4.69) is 5.32 Å².